The second kappa shape index (κ2) is 11.2. The molecule has 2 aliphatic rings. The lowest BCUT2D eigenvalue weighted by Crippen LogP contribution is -2.16. The van der Waals surface area contributed by atoms with Crippen LogP contribution in [0.4, 0.5) is 17.1 Å². The number of anilines is 3. The smallest absolute Gasteiger partial charge is 0.0465 e. The highest BCUT2D eigenvalue weighted by Crippen LogP contribution is 2.50. The highest BCUT2D eigenvalue weighted by molar-refractivity contribution is 6.12. The fourth-order valence-electron chi connectivity index (χ4n) is 8.06. The standard InChI is InChI=1S/C47H37N/c1-47(2)45-18-9-8-15-43(45)44-30-28-38(31-46(44)47)48(36-24-19-33(20-25-36)32-11-4-3-5-12-32)37-26-21-35(22-27-37)40-16-10-17-41-39-14-7-6-13-34(39)23-29-42(40)41/h3-11,13-32H,12H2,1-2H3. The van der Waals surface area contributed by atoms with E-state index in [1.165, 1.54) is 66.2 Å². The molecule has 0 bridgehead atoms. The Kier molecular flexibility index (Phi) is 6.69. The molecule has 1 unspecified atom stereocenters. The van der Waals surface area contributed by atoms with Crippen LogP contribution in [0.5, 0.6) is 0 Å². The van der Waals surface area contributed by atoms with E-state index in [1.807, 2.05) is 0 Å². The van der Waals surface area contributed by atoms with Gasteiger partial charge in [-0.1, -0.05) is 147 Å². The minimum Gasteiger partial charge on any atom is -0.310 e. The molecule has 0 saturated carbocycles. The van der Waals surface area contributed by atoms with E-state index < -0.39 is 0 Å². The number of hydrogen-bond donors (Lipinski definition) is 0. The second-order valence-corrected chi connectivity index (χ2v) is 13.7. The maximum Gasteiger partial charge on any atom is 0.0465 e. The Hall–Kier alpha value is -5.66. The third-order valence-corrected chi connectivity index (χ3v) is 10.6. The fourth-order valence-corrected chi connectivity index (χ4v) is 8.06. The van der Waals surface area contributed by atoms with Gasteiger partial charge in [0.2, 0.25) is 0 Å². The second-order valence-electron chi connectivity index (χ2n) is 13.7. The summed E-state index contributed by atoms with van der Waals surface area (Å²) in [5, 5.41) is 5.14. The van der Waals surface area contributed by atoms with Gasteiger partial charge in [-0.2, -0.15) is 0 Å². The monoisotopic (exact) mass is 615 g/mol. The zero-order chi connectivity index (χ0) is 32.2. The number of hydrogen-bond acceptors (Lipinski definition) is 1. The van der Waals surface area contributed by atoms with Gasteiger partial charge < -0.3 is 4.90 Å². The first kappa shape index (κ1) is 28.6. The Morgan fingerprint density at radius 2 is 1.21 bits per heavy atom. The Balaban J connectivity index is 1.15. The fraction of sp³-hybridized carbons (Fsp3) is 0.106. The lowest BCUT2D eigenvalue weighted by atomic mass is 9.82. The number of nitrogens with zero attached hydrogens (tertiary/aromatic N) is 1. The molecular weight excluding hydrogens is 579 g/mol. The third-order valence-electron chi connectivity index (χ3n) is 10.6. The molecule has 2 aliphatic carbocycles. The summed E-state index contributed by atoms with van der Waals surface area (Å²) >= 11 is 0. The predicted molar refractivity (Wildman–Crippen MR) is 205 cm³/mol. The molecule has 0 saturated heterocycles. The quantitative estimate of drug-likeness (QED) is 0.174. The molecule has 0 aliphatic heterocycles. The lowest BCUT2D eigenvalue weighted by molar-refractivity contribution is 0.660. The van der Waals surface area contributed by atoms with Gasteiger partial charge in [-0.05, 0) is 103 Å². The zero-order valence-corrected chi connectivity index (χ0v) is 27.4. The highest BCUT2D eigenvalue weighted by Gasteiger charge is 2.35. The van der Waals surface area contributed by atoms with E-state index in [2.05, 4.69) is 189 Å². The Morgan fingerprint density at radius 3 is 2.02 bits per heavy atom. The Labute approximate surface area is 283 Å². The Bertz CT molecular complexity index is 2390. The van der Waals surface area contributed by atoms with Gasteiger partial charge in [0, 0.05) is 28.4 Å². The molecule has 0 amide bonds. The summed E-state index contributed by atoms with van der Waals surface area (Å²) in [5.41, 5.74) is 12.7. The Morgan fingerprint density at radius 1 is 0.521 bits per heavy atom. The maximum absolute atomic E-state index is 2.42. The van der Waals surface area contributed by atoms with Gasteiger partial charge in [-0.25, -0.2) is 0 Å². The molecule has 230 valence electrons. The molecule has 48 heavy (non-hydrogen) atoms. The van der Waals surface area contributed by atoms with E-state index in [0.29, 0.717) is 5.92 Å². The third kappa shape index (κ3) is 4.61. The summed E-state index contributed by atoms with van der Waals surface area (Å²) < 4.78 is 0. The van der Waals surface area contributed by atoms with Gasteiger partial charge in [-0.15, -0.1) is 0 Å². The van der Waals surface area contributed by atoms with Crippen molar-refractivity contribution in [3.05, 3.63) is 187 Å². The first-order valence-corrected chi connectivity index (χ1v) is 17.0. The van der Waals surface area contributed by atoms with E-state index in [1.54, 1.807) is 0 Å². The van der Waals surface area contributed by atoms with E-state index in [4.69, 9.17) is 0 Å². The van der Waals surface area contributed by atoms with Crippen molar-refractivity contribution in [2.75, 3.05) is 4.90 Å². The minimum atomic E-state index is -0.0688. The normalized spacial score (nSPS) is 15.8. The van der Waals surface area contributed by atoms with Crippen molar-refractivity contribution in [3.63, 3.8) is 0 Å². The van der Waals surface area contributed by atoms with E-state index >= 15 is 0 Å². The van der Waals surface area contributed by atoms with Crippen LogP contribution < -0.4 is 4.90 Å². The van der Waals surface area contributed by atoms with Crippen LogP contribution in [-0.2, 0) is 5.41 Å². The van der Waals surface area contributed by atoms with Crippen LogP contribution >= 0.6 is 0 Å². The summed E-state index contributed by atoms with van der Waals surface area (Å²) in [6.07, 6.45) is 9.92. The number of rotatable bonds is 5. The van der Waals surface area contributed by atoms with Crippen molar-refractivity contribution in [1.29, 1.82) is 0 Å². The molecule has 0 heterocycles. The van der Waals surface area contributed by atoms with Crippen LogP contribution in [0.15, 0.2) is 170 Å². The van der Waals surface area contributed by atoms with Gasteiger partial charge in [0.1, 0.15) is 0 Å². The van der Waals surface area contributed by atoms with Gasteiger partial charge in [0.05, 0.1) is 0 Å². The molecule has 0 spiro atoms. The van der Waals surface area contributed by atoms with Crippen molar-refractivity contribution < 1.29 is 0 Å². The van der Waals surface area contributed by atoms with Gasteiger partial charge in [0.25, 0.3) is 0 Å². The first-order chi connectivity index (χ1) is 23.6. The molecule has 0 aromatic heterocycles. The molecule has 0 radical (unpaired) electrons. The largest absolute Gasteiger partial charge is 0.310 e. The molecule has 1 heteroatoms. The van der Waals surface area contributed by atoms with Crippen LogP contribution in [0.2, 0.25) is 0 Å². The first-order valence-electron chi connectivity index (χ1n) is 17.0. The molecule has 1 nitrogen and oxygen atoms in total. The molecular formula is C47H37N. The van der Waals surface area contributed by atoms with Gasteiger partial charge >= 0.3 is 0 Å². The van der Waals surface area contributed by atoms with Crippen molar-refractivity contribution in [1.82, 2.24) is 0 Å². The summed E-state index contributed by atoms with van der Waals surface area (Å²) in [5.74, 6) is 0.425. The minimum absolute atomic E-state index is 0.0688. The molecule has 7 aromatic rings. The lowest BCUT2D eigenvalue weighted by Gasteiger charge is -2.28. The van der Waals surface area contributed by atoms with Crippen LogP contribution in [0, 0.1) is 0 Å². The van der Waals surface area contributed by atoms with Crippen LogP contribution in [-0.4, -0.2) is 0 Å². The van der Waals surface area contributed by atoms with Gasteiger partial charge in [-0.3, -0.25) is 0 Å². The molecule has 7 aromatic carbocycles. The van der Waals surface area contributed by atoms with Crippen LogP contribution in [0.1, 0.15) is 42.9 Å². The van der Waals surface area contributed by atoms with Crippen molar-refractivity contribution in [2.24, 2.45) is 0 Å². The van der Waals surface area contributed by atoms with E-state index in [9.17, 15) is 0 Å². The molecule has 0 N–H and O–H groups in total. The maximum atomic E-state index is 2.42. The molecule has 9 rings (SSSR count). The zero-order valence-electron chi connectivity index (χ0n) is 27.4. The number of fused-ring (bicyclic) bond motifs is 6. The van der Waals surface area contributed by atoms with Gasteiger partial charge in [0.15, 0.2) is 0 Å². The average Bonchev–Trinajstić information content (AvgIpc) is 3.38. The van der Waals surface area contributed by atoms with E-state index in [0.717, 1.165) is 17.8 Å². The predicted octanol–water partition coefficient (Wildman–Crippen LogP) is 13.0. The van der Waals surface area contributed by atoms with Crippen molar-refractivity contribution in [2.45, 2.75) is 31.6 Å². The van der Waals surface area contributed by atoms with Crippen LogP contribution in [0.25, 0.3) is 43.8 Å². The summed E-state index contributed by atoms with van der Waals surface area (Å²) in [6, 6.07) is 54.1. The van der Waals surface area contributed by atoms with Crippen molar-refractivity contribution >= 4 is 38.6 Å². The number of allylic oxidation sites excluding steroid dienone is 4. The number of benzene rings is 7. The summed E-state index contributed by atoms with van der Waals surface area (Å²) in [4.78, 5) is 2.42. The van der Waals surface area contributed by atoms with Crippen LogP contribution in [0.3, 0.4) is 0 Å². The van der Waals surface area contributed by atoms with E-state index in [-0.39, 0.29) is 5.41 Å². The summed E-state index contributed by atoms with van der Waals surface area (Å²) in [6.45, 7) is 4.71. The topological polar surface area (TPSA) is 3.24 Å². The molecule has 1 atom stereocenters. The van der Waals surface area contributed by atoms with Crippen molar-refractivity contribution in [3.8, 4) is 22.3 Å². The molecule has 0 fully saturated rings. The summed E-state index contributed by atoms with van der Waals surface area (Å²) in [7, 11) is 0. The highest BCUT2D eigenvalue weighted by atomic mass is 15.1. The SMILES string of the molecule is CC1(C)c2ccccc2-c2ccc(N(c3ccc(-c4cccc5c4ccc4ccccc45)cc3)c3ccc(C4C=CC=CC4)cc3)cc21. The average molecular weight is 616 g/mol.